The fraction of sp³-hybridized carbons (Fsp3) is 0.938. The highest BCUT2D eigenvalue weighted by molar-refractivity contribution is 5.84. The summed E-state index contributed by atoms with van der Waals surface area (Å²) in [4.78, 5) is 14.6. The molecule has 1 aliphatic heterocycles. The molecule has 2 fully saturated rings. The molecule has 0 aromatic heterocycles. The maximum atomic E-state index is 12.5. The van der Waals surface area contributed by atoms with Gasteiger partial charge in [0.05, 0.1) is 12.2 Å². The fourth-order valence-electron chi connectivity index (χ4n) is 3.52. The van der Waals surface area contributed by atoms with E-state index < -0.39 is 0 Å². The topological polar surface area (TPSA) is 32.3 Å². The lowest BCUT2D eigenvalue weighted by atomic mass is 9.82. The maximum Gasteiger partial charge on any atom is 0.241 e. The molecule has 0 aromatic carbocycles. The summed E-state index contributed by atoms with van der Waals surface area (Å²) in [6.07, 6.45) is 6.55. The van der Waals surface area contributed by atoms with E-state index in [0.717, 1.165) is 24.8 Å². The Kier molecular flexibility index (Phi) is 4.88. The molecule has 0 aromatic rings. The quantitative estimate of drug-likeness (QED) is 0.848. The minimum atomic E-state index is 0.0347. The van der Waals surface area contributed by atoms with Gasteiger partial charge in [0.2, 0.25) is 5.91 Å². The van der Waals surface area contributed by atoms with Crippen molar-refractivity contribution in [3.05, 3.63) is 0 Å². The Labute approximate surface area is 118 Å². The van der Waals surface area contributed by atoms with Crippen molar-refractivity contribution < 1.29 is 4.79 Å². The predicted molar refractivity (Wildman–Crippen MR) is 78.7 cm³/mol. The normalized spacial score (nSPS) is 36.3. The summed E-state index contributed by atoms with van der Waals surface area (Å²) in [5, 5.41) is 3.51. The van der Waals surface area contributed by atoms with E-state index in [2.05, 4.69) is 37.9 Å². The van der Waals surface area contributed by atoms with Crippen LogP contribution in [0.4, 0.5) is 0 Å². The molecule has 2 unspecified atom stereocenters. The Morgan fingerprint density at radius 2 is 1.89 bits per heavy atom. The Hall–Kier alpha value is -0.570. The highest BCUT2D eigenvalue weighted by Crippen LogP contribution is 2.30. The Balaban J connectivity index is 1.95. The third-order valence-electron chi connectivity index (χ3n) is 4.94. The van der Waals surface area contributed by atoms with Crippen LogP contribution in [0.1, 0.15) is 59.8 Å². The predicted octanol–water partition coefficient (Wildman–Crippen LogP) is 3.01. The number of nitrogens with zero attached hydrogens (tertiary/aromatic N) is 1. The van der Waals surface area contributed by atoms with E-state index in [1.165, 1.54) is 25.7 Å². The second kappa shape index (κ2) is 6.25. The average molecular weight is 266 g/mol. The number of hydrogen-bond acceptors (Lipinski definition) is 2. The molecule has 1 saturated carbocycles. The van der Waals surface area contributed by atoms with E-state index in [1.54, 1.807) is 0 Å². The van der Waals surface area contributed by atoms with Crippen LogP contribution in [0.25, 0.3) is 0 Å². The Morgan fingerprint density at radius 3 is 2.42 bits per heavy atom. The molecule has 0 radical (unpaired) electrons. The number of amides is 1. The van der Waals surface area contributed by atoms with Gasteiger partial charge in [-0.2, -0.15) is 0 Å². The van der Waals surface area contributed by atoms with Gasteiger partial charge in [0.15, 0.2) is 0 Å². The minimum Gasteiger partial charge on any atom is -0.326 e. The zero-order chi connectivity index (χ0) is 14.0. The van der Waals surface area contributed by atoms with Crippen molar-refractivity contribution in [1.82, 2.24) is 10.2 Å². The summed E-state index contributed by atoms with van der Waals surface area (Å²) in [7, 11) is 0. The number of rotatable bonds is 4. The maximum absolute atomic E-state index is 12.5. The molecule has 3 heteroatoms. The third kappa shape index (κ3) is 3.31. The van der Waals surface area contributed by atoms with E-state index >= 15 is 0 Å². The van der Waals surface area contributed by atoms with Gasteiger partial charge in [-0.1, -0.05) is 40.5 Å². The van der Waals surface area contributed by atoms with Gasteiger partial charge >= 0.3 is 0 Å². The molecule has 0 bridgehead atoms. The largest absolute Gasteiger partial charge is 0.326 e. The van der Waals surface area contributed by atoms with Gasteiger partial charge in [-0.3, -0.25) is 10.1 Å². The zero-order valence-corrected chi connectivity index (χ0v) is 13.0. The van der Waals surface area contributed by atoms with Crippen LogP contribution in [-0.4, -0.2) is 29.6 Å². The second-order valence-corrected chi connectivity index (χ2v) is 6.93. The summed E-state index contributed by atoms with van der Waals surface area (Å²) >= 11 is 0. The van der Waals surface area contributed by atoms with Crippen LogP contribution >= 0.6 is 0 Å². The van der Waals surface area contributed by atoms with Crippen molar-refractivity contribution >= 4 is 5.91 Å². The first-order chi connectivity index (χ1) is 9.02. The third-order valence-corrected chi connectivity index (χ3v) is 4.94. The smallest absolute Gasteiger partial charge is 0.241 e. The van der Waals surface area contributed by atoms with Gasteiger partial charge in [-0.05, 0) is 37.0 Å². The molecule has 3 nitrogen and oxygen atoms in total. The average Bonchev–Trinajstić information content (AvgIpc) is 2.69. The van der Waals surface area contributed by atoms with E-state index in [1.807, 2.05) is 0 Å². The molecule has 1 aliphatic carbocycles. The summed E-state index contributed by atoms with van der Waals surface area (Å²) in [6, 6.07) is 0.0347. The lowest BCUT2D eigenvalue weighted by Crippen LogP contribution is -2.40. The standard InChI is InChI=1S/C16H30N2O/c1-5-14-17-15(11(2)3)16(19)18(14)10-13-8-6-12(4)7-9-13/h11-15,17H,5-10H2,1-4H3. The lowest BCUT2D eigenvalue weighted by molar-refractivity contribution is -0.131. The van der Waals surface area contributed by atoms with Crippen LogP contribution in [0.15, 0.2) is 0 Å². The lowest BCUT2D eigenvalue weighted by Gasteiger charge is -2.32. The zero-order valence-electron chi connectivity index (χ0n) is 13.0. The van der Waals surface area contributed by atoms with Crippen LogP contribution in [0.5, 0.6) is 0 Å². The Morgan fingerprint density at radius 1 is 1.26 bits per heavy atom. The van der Waals surface area contributed by atoms with Crippen molar-refractivity contribution in [2.24, 2.45) is 17.8 Å². The van der Waals surface area contributed by atoms with Gasteiger partial charge in [-0.25, -0.2) is 0 Å². The highest BCUT2D eigenvalue weighted by atomic mass is 16.2. The van der Waals surface area contributed by atoms with E-state index in [4.69, 9.17) is 0 Å². The van der Waals surface area contributed by atoms with Crippen molar-refractivity contribution in [3.63, 3.8) is 0 Å². The highest BCUT2D eigenvalue weighted by Gasteiger charge is 2.40. The summed E-state index contributed by atoms with van der Waals surface area (Å²) in [5.74, 6) is 2.33. The van der Waals surface area contributed by atoms with Crippen molar-refractivity contribution in [1.29, 1.82) is 0 Å². The van der Waals surface area contributed by atoms with E-state index in [-0.39, 0.29) is 12.2 Å². The minimum absolute atomic E-state index is 0.0347. The summed E-state index contributed by atoms with van der Waals surface area (Å²) in [6.45, 7) is 9.76. The van der Waals surface area contributed by atoms with Crippen molar-refractivity contribution in [3.8, 4) is 0 Å². The Bertz CT molecular complexity index is 308. The summed E-state index contributed by atoms with van der Waals surface area (Å²) < 4.78 is 0. The number of nitrogens with one attached hydrogen (secondary N) is 1. The van der Waals surface area contributed by atoms with Gasteiger partial charge in [0.25, 0.3) is 0 Å². The van der Waals surface area contributed by atoms with Crippen LogP contribution in [0, 0.1) is 17.8 Å². The van der Waals surface area contributed by atoms with Crippen LogP contribution in [-0.2, 0) is 4.79 Å². The molecule has 2 rings (SSSR count). The number of hydrogen-bond donors (Lipinski definition) is 1. The molecular formula is C16H30N2O. The van der Waals surface area contributed by atoms with Crippen LogP contribution in [0.2, 0.25) is 0 Å². The molecule has 1 heterocycles. The van der Waals surface area contributed by atoms with Crippen molar-refractivity contribution in [2.45, 2.75) is 72.0 Å². The van der Waals surface area contributed by atoms with Gasteiger partial charge in [0, 0.05) is 6.54 Å². The SMILES string of the molecule is CCC1NC(C(C)C)C(=O)N1CC1CCC(C)CC1. The van der Waals surface area contributed by atoms with Crippen molar-refractivity contribution in [2.75, 3.05) is 6.54 Å². The van der Waals surface area contributed by atoms with Gasteiger partial charge in [0.1, 0.15) is 0 Å². The molecule has 0 spiro atoms. The molecule has 2 atom stereocenters. The molecule has 19 heavy (non-hydrogen) atoms. The van der Waals surface area contributed by atoms with Crippen LogP contribution < -0.4 is 5.32 Å². The van der Waals surface area contributed by atoms with E-state index in [9.17, 15) is 4.79 Å². The first-order valence-corrected chi connectivity index (χ1v) is 8.09. The molecular weight excluding hydrogens is 236 g/mol. The molecule has 1 saturated heterocycles. The molecule has 1 amide bonds. The molecule has 2 aliphatic rings. The summed E-state index contributed by atoms with van der Waals surface area (Å²) in [5.41, 5.74) is 0. The van der Waals surface area contributed by atoms with Crippen LogP contribution in [0.3, 0.4) is 0 Å². The monoisotopic (exact) mass is 266 g/mol. The molecule has 110 valence electrons. The van der Waals surface area contributed by atoms with E-state index in [0.29, 0.717) is 11.8 Å². The second-order valence-electron chi connectivity index (χ2n) is 6.93. The fourth-order valence-corrected chi connectivity index (χ4v) is 3.52. The first kappa shape index (κ1) is 14.8. The molecule has 1 N–H and O–H groups in total. The number of carbonyl (C=O) groups is 1. The number of carbonyl (C=O) groups excluding carboxylic acids is 1. The van der Waals surface area contributed by atoms with Gasteiger partial charge < -0.3 is 4.90 Å². The van der Waals surface area contributed by atoms with Gasteiger partial charge in [-0.15, -0.1) is 0 Å². The first-order valence-electron chi connectivity index (χ1n) is 8.09.